The largest absolute Gasteiger partial charge is 0.505 e. The van der Waals surface area contributed by atoms with Crippen LogP contribution in [-0.4, -0.2) is 113 Å². The minimum Gasteiger partial charge on any atom is -0.505 e. The number of sulfone groups is 3. The van der Waals surface area contributed by atoms with Crippen LogP contribution in [0.3, 0.4) is 0 Å². The Morgan fingerprint density at radius 2 is 0.898 bits per heavy atom. The Kier molecular flexibility index (Phi) is 20.6. The molecule has 11 rings (SSSR count). The molecule has 0 unspecified atom stereocenters. The lowest BCUT2D eigenvalue weighted by molar-refractivity contribution is 0.423. The normalized spacial score (nSPS) is 11.4. The number of nitrogen functional groups attached to an aromatic ring is 3. The van der Waals surface area contributed by atoms with Crippen LogP contribution in [0.15, 0.2) is 113 Å². The summed E-state index contributed by atoms with van der Waals surface area (Å²) < 4.78 is 128. The molecule has 11 aromatic rings. The third-order valence-corrected chi connectivity index (χ3v) is 16.2. The van der Waals surface area contributed by atoms with E-state index in [0.29, 0.717) is 66.6 Å². The van der Waals surface area contributed by atoms with Crippen LogP contribution < -0.4 is 32.0 Å². The van der Waals surface area contributed by atoms with Crippen LogP contribution >= 0.6 is 45.8 Å². The quantitative estimate of drug-likeness (QED) is 0.0664. The number of phenolic OH excluding ortho intramolecular Hbond substituents is 1. The van der Waals surface area contributed by atoms with Crippen molar-refractivity contribution in [2.24, 2.45) is 21.1 Å². The zero-order valence-corrected chi connectivity index (χ0v) is 53.6. The summed E-state index contributed by atoms with van der Waals surface area (Å²) in [6.07, 6.45) is 10.5. The average molecular weight is 1420 g/mol. The molecule has 35 heteroatoms. The van der Waals surface area contributed by atoms with Gasteiger partial charge in [-0.25, -0.2) is 78.3 Å². The Morgan fingerprint density at radius 3 is 1.32 bits per heavy atom. The number of rotatable bonds is 9. The first kappa shape index (κ1) is 66.8. The van der Waals surface area contributed by atoms with Crippen molar-refractivity contribution in [1.82, 2.24) is 63.5 Å². The van der Waals surface area contributed by atoms with Crippen molar-refractivity contribution in [2.45, 2.75) is 35.5 Å². The number of imidazole rings is 3. The summed E-state index contributed by atoms with van der Waals surface area (Å²) in [7, 11) is -5.10. The number of halogens is 6. The first-order valence-electron chi connectivity index (χ1n) is 24.7. The predicted octanol–water partition coefficient (Wildman–Crippen LogP) is 9.10. The number of aryl methyl sites for hydroxylation is 6. The monoisotopic (exact) mass is 1420 g/mol. The number of nitrogens with one attached hydrogen (secondary N) is 1. The lowest BCUT2D eigenvalue weighted by Gasteiger charge is -2.13. The molecule has 26 nitrogen and oxygen atoms in total. The van der Waals surface area contributed by atoms with Crippen LogP contribution in [0.1, 0.15) is 16.7 Å². The first-order chi connectivity index (χ1) is 41.1. The fourth-order valence-corrected chi connectivity index (χ4v) is 10.8. The Balaban J connectivity index is 0.000000170. The Bertz CT molecular complexity index is 4750. The summed E-state index contributed by atoms with van der Waals surface area (Å²) in [6.45, 7) is 4.54. The van der Waals surface area contributed by atoms with Gasteiger partial charge < -0.3 is 50.8 Å². The summed E-state index contributed by atoms with van der Waals surface area (Å²) in [6, 6.07) is 14.4. The van der Waals surface area contributed by atoms with Gasteiger partial charge in [-0.05, 0) is 103 Å². The van der Waals surface area contributed by atoms with Gasteiger partial charge in [0.05, 0.1) is 49.4 Å². The molecule has 8 aromatic heterocycles. The van der Waals surface area contributed by atoms with Crippen molar-refractivity contribution in [3.05, 3.63) is 146 Å². The van der Waals surface area contributed by atoms with E-state index in [1.54, 1.807) is 68.2 Å². The lowest BCUT2D eigenvalue weighted by atomic mass is 10.2. The average Bonchev–Trinajstić information content (AvgIpc) is 2.97. The molecule has 0 atom stereocenters. The standard InChI is InChI=1S/C19H18FN7O3S.C15H13ClFN3O3S.C8H9FO3S.C7H5ClIN3.C4H6N4/c1-10-4-11(31(3,28)29)5-12(20)18(10)30-16-6-13(17-19(26-16)27(2)9-24-17)25-15-7-14(21)22-8-23-15;1-8-4-9(24(3,21)22)5-11(17)14(8)23-12-6-10(16)13-15(19-12)20(2)7-18-13;1-5-3-6(13(2,11)12)4-7(9)8(5)10;1-12-3-10-6-4(8)2-5(9)11-7(6)12;5-3-1-4(6)8-2-7-3/h4-9H,1-3H3,(H3,21,22,23,25,26);4-7H,1-3H3;3-4,10H,1-2H3;2-3H,1H3;1-2H,(H4,5,6,7,8). The maximum Gasteiger partial charge on any atom is 0.223 e. The molecule has 8 heterocycles. The highest BCUT2D eigenvalue weighted by Crippen LogP contribution is 2.36. The van der Waals surface area contributed by atoms with E-state index < -0.39 is 52.7 Å². The molecule has 0 spiro atoms. The third-order valence-electron chi connectivity index (χ3n) is 11.8. The van der Waals surface area contributed by atoms with E-state index in [2.05, 4.69) is 77.7 Å². The molecule has 3 aromatic carbocycles. The highest BCUT2D eigenvalue weighted by Gasteiger charge is 2.21. The van der Waals surface area contributed by atoms with Crippen molar-refractivity contribution in [1.29, 1.82) is 0 Å². The Labute approximate surface area is 523 Å². The number of nitrogens with two attached hydrogens (primary N) is 3. The predicted molar refractivity (Wildman–Crippen MR) is 333 cm³/mol. The SMILES string of the molecule is Cc1cc(S(C)(=O)=O)cc(F)c1O.Cc1cc(S(C)(=O)=O)cc(F)c1Oc1cc(Cl)c2ncn(C)c2n1.Cc1cc(S(C)(=O)=O)cc(F)c1Oc1cc(Nc2cc(N)ncn2)c2ncn(C)c2n1.Cn1cnc2c(Cl)cc(I)nc21.Nc1cc(N)ncn1. The van der Waals surface area contributed by atoms with E-state index in [1.165, 1.54) is 56.0 Å². The van der Waals surface area contributed by atoms with Crippen molar-refractivity contribution in [3.63, 3.8) is 0 Å². The number of ether oxygens (including phenoxy) is 2. The maximum atomic E-state index is 14.7. The van der Waals surface area contributed by atoms with Crippen molar-refractivity contribution in [2.75, 3.05) is 41.3 Å². The van der Waals surface area contributed by atoms with Gasteiger partial charge in [-0.15, -0.1) is 0 Å². The van der Waals surface area contributed by atoms with E-state index in [9.17, 15) is 38.4 Å². The summed E-state index contributed by atoms with van der Waals surface area (Å²) in [5, 5.41) is 13.1. The molecule has 0 saturated carbocycles. The van der Waals surface area contributed by atoms with Crippen LogP contribution in [0.2, 0.25) is 10.0 Å². The second kappa shape index (κ2) is 27.1. The molecular formula is C53H51Cl2F3IN17O9S3. The molecule has 0 fully saturated rings. The minimum atomic E-state index is -3.56. The lowest BCUT2D eigenvalue weighted by Crippen LogP contribution is -2.03. The molecule has 0 saturated heterocycles. The number of anilines is 5. The summed E-state index contributed by atoms with van der Waals surface area (Å²) in [5.74, 6) is -1.59. The Morgan fingerprint density at radius 1 is 0.511 bits per heavy atom. The fourth-order valence-electron chi connectivity index (χ4n) is 7.52. The van der Waals surface area contributed by atoms with Gasteiger partial charge in [0, 0.05) is 64.2 Å². The van der Waals surface area contributed by atoms with Gasteiger partial charge in [-0.3, -0.25) is 0 Å². The molecule has 462 valence electrons. The second-order valence-corrected chi connectivity index (χ2v) is 26.9. The molecule has 88 heavy (non-hydrogen) atoms. The van der Waals surface area contributed by atoms with Crippen LogP contribution in [0.25, 0.3) is 33.5 Å². The molecule has 0 bridgehead atoms. The number of fused-ring (bicyclic) bond motifs is 3. The number of aromatic nitrogens is 13. The zero-order valence-electron chi connectivity index (χ0n) is 47.5. The van der Waals surface area contributed by atoms with Gasteiger partial charge in [0.25, 0.3) is 0 Å². The fraction of sp³-hybridized carbons (Fsp3) is 0.170. The third kappa shape index (κ3) is 16.6. The summed E-state index contributed by atoms with van der Waals surface area (Å²) in [5.41, 5.74) is 21.1. The van der Waals surface area contributed by atoms with E-state index in [0.717, 1.165) is 51.8 Å². The molecule has 0 amide bonds. The van der Waals surface area contributed by atoms with E-state index in [1.807, 2.05) is 11.6 Å². The highest BCUT2D eigenvalue weighted by atomic mass is 127. The number of phenols is 1. The number of hydrogen-bond donors (Lipinski definition) is 5. The number of pyridine rings is 3. The van der Waals surface area contributed by atoms with E-state index in [4.69, 9.17) is 55.0 Å². The van der Waals surface area contributed by atoms with Crippen molar-refractivity contribution < 1.29 is 53.0 Å². The molecular weight excluding hydrogens is 1370 g/mol. The zero-order chi connectivity index (χ0) is 64.9. The van der Waals surface area contributed by atoms with Gasteiger partial charge in [-0.2, -0.15) is 9.97 Å². The summed E-state index contributed by atoms with van der Waals surface area (Å²) in [4.78, 5) is 40.4. The number of benzene rings is 3. The van der Waals surface area contributed by atoms with E-state index in [-0.39, 0.29) is 49.3 Å². The van der Waals surface area contributed by atoms with Gasteiger partial charge >= 0.3 is 0 Å². The smallest absolute Gasteiger partial charge is 0.223 e. The molecule has 0 aliphatic heterocycles. The maximum absolute atomic E-state index is 14.7. The molecule has 0 aliphatic carbocycles. The van der Waals surface area contributed by atoms with Gasteiger partial charge in [0.1, 0.15) is 56.2 Å². The van der Waals surface area contributed by atoms with Crippen LogP contribution in [0, 0.1) is 41.9 Å². The minimum absolute atomic E-state index is 0.0785. The second-order valence-electron chi connectivity index (χ2n) is 19.0. The Hall–Kier alpha value is -8.77. The summed E-state index contributed by atoms with van der Waals surface area (Å²) >= 11 is 14.2. The van der Waals surface area contributed by atoms with Crippen LogP contribution in [0.5, 0.6) is 29.0 Å². The first-order valence-corrected chi connectivity index (χ1v) is 32.2. The highest BCUT2D eigenvalue weighted by molar-refractivity contribution is 14.1. The van der Waals surface area contributed by atoms with Gasteiger partial charge in [0.15, 0.2) is 81.2 Å². The molecule has 8 N–H and O–H groups in total. The number of nitrogens with zero attached hydrogens (tertiary/aromatic N) is 13. The van der Waals surface area contributed by atoms with Crippen molar-refractivity contribution >= 4 is 138 Å². The van der Waals surface area contributed by atoms with Crippen LogP contribution in [-0.2, 0) is 50.7 Å². The van der Waals surface area contributed by atoms with Gasteiger partial charge in [-0.1, -0.05) is 23.2 Å². The van der Waals surface area contributed by atoms with E-state index >= 15 is 0 Å². The van der Waals surface area contributed by atoms with Gasteiger partial charge in [0.2, 0.25) is 11.8 Å². The topological polar surface area (TPSA) is 375 Å². The van der Waals surface area contributed by atoms with Crippen molar-refractivity contribution in [3.8, 4) is 29.0 Å². The number of hydrogen-bond acceptors (Lipinski definition) is 23. The molecule has 0 radical (unpaired) electrons. The number of aromatic hydroxyl groups is 1. The van der Waals surface area contributed by atoms with Crippen LogP contribution in [0.4, 0.5) is 42.1 Å². The molecule has 0 aliphatic rings.